The summed E-state index contributed by atoms with van der Waals surface area (Å²) in [5, 5.41) is 2.77. The minimum atomic E-state index is -3.36. The molecule has 0 aromatic heterocycles. The third-order valence-corrected chi connectivity index (χ3v) is 4.71. The largest absolute Gasteiger partial charge is 0.316 e. The van der Waals surface area contributed by atoms with Crippen LogP contribution in [0.25, 0.3) is 0 Å². The van der Waals surface area contributed by atoms with Gasteiger partial charge < -0.3 is 5.32 Å². The van der Waals surface area contributed by atoms with E-state index in [1.54, 1.807) is 0 Å². The van der Waals surface area contributed by atoms with Gasteiger partial charge in [0.1, 0.15) is 0 Å². The van der Waals surface area contributed by atoms with Crippen LogP contribution in [0.15, 0.2) is 0 Å². The molecule has 1 aliphatic heterocycles. The van der Waals surface area contributed by atoms with Crippen LogP contribution in [0.1, 0.15) is 25.7 Å². The van der Waals surface area contributed by atoms with Gasteiger partial charge in [-0.3, -0.25) is 9.52 Å². The van der Waals surface area contributed by atoms with Crippen LogP contribution in [0.3, 0.4) is 0 Å². The van der Waals surface area contributed by atoms with Crippen LogP contribution in [0.5, 0.6) is 0 Å². The van der Waals surface area contributed by atoms with Gasteiger partial charge in [0.15, 0.2) is 0 Å². The normalized spacial score (nSPS) is 27.3. The molecule has 1 saturated carbocycles. The van der Waals surface area contributed by atoms with Gasteiger partial charge >= 0.3 is 0 Å². The van der Waals surface area contributed by atoms with Crippen LogP contribution < -0.4 is 10.0 Å². The Morgan fingerprint density at radius 3 is 2.53 bits per heavy atom. The smallest absolute Gasteiger partial charge is 0.237 e. The SMILES string of the molecule is O=C(NS(=O)(=O)C1CC1)[C@@H]1CCCNC1. The van der Waals surface area contributed by atoms with E-state index in [0.29, 0.717) is 19.4 Å². The minimum absolute atomic E-state index is 0.188. The fraction of sp³-hybridized carbons (Fsp3) is 0.889. The summed E-state index contributed by atoms with van der Waals surface area (Å²) in [5.41, 5.74) is 0. The maximum atomic E-state index is 11.6. The molecule has 6 heteroatoms. The van der Waals surface area contributed by atoms with Crippen LogP contribution in [0.4, 0.5) is 0 Å². The molecule has 1 saturated heterocycles. The van der Waals surface area contributed by atoms with E-state index in [9.17, 15) is 13.2 Å². The van der Waals surface area contributed by atoms with Crippen molar-refractivity contribution in [3.8, 4) is 0 Å². The number of piperidine rings is 1. The summed E-state index contributed by atoms with van der Waals surface area (Å²) >= 11 is 0. The Morgan fingerprint density at radius 1 is 1.27 bits per heavy atom. The number of carbonyl (C=O) groups excluding carboxylic acids is 1. The van der Waals surface area contributed by atoms with E-state index in [1.165, 1.54) is 0 Å². The average molecular weight is 232 g/mol. The van der Waals surface area contributed by atoms with Crippen LogP contribution in [0, 0.1) is 5.92 Å². The van der Waals surface area contributed by atoms with Gasteiger partial charge in [-0.05, 0) is 32.2 Å². The van der Waals surface area contributed by atoms with E-state index in [2.05, 4.69) is 10.0 Å². The zero-order chi connectivity index (χ0) is 10.9. The van der Waals surface area contributed by atoms with Gasteiger partial charge in [0.2, 0.25) is 15.9 Å². The number of carbonyl (C=O) groups is 1. The summed E-state index contributed by atoms with van der Waals surface area (Å²) in [6.07, 6.45) is 3.08. The highest BCUT2D eigenvalue weighted by Crippen LogP contribution is 2.27. The number of rotatable bonds is 3. The topological polar surface area (TPSA) is 75.3 Å². The highest BCUT2D eigenvalue weighted by Gasteiger charge is 2.38. The Labute approximate surface area is 89.7 Å². The molecule has 0 spiro atoms. The monoisotopic (exact) mass is 232 g/mol. The average Bonchev–Trinajstić information content (AvgIpc) is 3.01. The summed E-state index contributed by atoms with van der Waals surface area (Å²) in [7, 11) is -3.36. The lowest BCUT2D eigenvalue weighted by Gasteiger charge is -2.21. The van der Waals surface area contributed by atoms with Crippen molar-refractivity contribution in [3.63, 3.8) is 0 Å². The van der Waals surface area contributed by atoms with Gasteiger partial charge in [-0.2, -0.15) is 0 Å². The zero-order valence-electron chi connectivity index (χ0n) is 8.53. The molecule has 0 unspecified atom stereocenters. The highest BCUT2D eigenvalue weighted by molar-refractivity contribution is 7.90. The van der Waals surface area contributed by atoms with E-state index in [0.717, 1.165) is 19.4 Å². The van der Waals surface area contributed by atoms with Crippen molar-refractivity contribution in [3.05, 3.63) is 0 Å². The van der Waals surface area contributed by atoms with Gasteiger partial charge in [-0.1, -0.05) is 0 Å². The number of amides is 1. The van der Waals surface area contributed by atoms with E-state index < -0.39 is 10.0 Å². The molecule has 5 nitrogen and oxygen atoms in total. The van der Waals surface area contributed by atoms with Crippen LogP contribution >= 0.6 is 0 Å². The zero-order valence-corrected chi connectivity index (χ0v) is 9.35. The first-order valence-corrected chi connectivity index (χ1v) is 6.90. The molecule has 2 rings (SSSR count). The first kappa shape index (κ1) is 10.9. The molecule has 1 amide bonds. The summed E-state index contributed by atoms with van der Waals surface area (Å²) in [6, 6.07) is 0. The number of nitrogens with one attached hydrogen (secondary N) is 2. The van der Waals surface area contributed by atoms with E-state index >= 15 is 0 Å². The van der Waals surface area contributed by atoms with Crippen LogP contribution in [-0.2, 0) is 14.8 Å². The van der Waals surface area contributed by atoms with Crippen molar-refractivity contribution in [2.45, 2.75) is 30.9 Å². The molecule has 86 valence electrons. The summed E-state index contributed by atoms with van der Waals surface area (Å²) in [4.78, 5) is 11.6. The van der Waals surface area contributed by atoms with Crippen molar-refractivity contribution >= 4 is 15.9 Å². The summed E-state index contributed by atoms with van der Waals surface area (Å²) < 4.78 is 25.2. The minimum Gasteiger partial charge on any atom is -0.316 e. The lowest BCUT2D eigenvalue weighted by Crippen LogP contribution is -2.43. The molecule has 1 atom stereocenters. The number of sulfonamides is 1. The quantitative estimate of drug-likeness (QED) is 0.694. The Hall–Kier alpha value is -0.620. The molecule has 2 aliphatic rings. The molecule has 15 heavy (non-hydrogen) atoms. The maximum absolute atomic E-state index is 11.6. The second kappa shape index (κ2) is 4.09. The van der Waals surface area contributed by atoms with Crippen molar-refractivity contribution < 1.29 is 13.2 Å². The second-order valence-corrected chi connectivity index (χ2v) is 6.21. The van der Waals surface area contributed by atoms with E-state index in [1.807, 2.05) is 0 Å². The summed E-state index contributed by atoms with van der Waals surface area (Å²) in [5.74, 6) is -0.527. The fourth-order valence-corrected chi connectivity index (χ4v) is 3.13. The molecular weight excluding hydrogens is 216 g/mol. The van der Waals surface area contributed by atoms with Crippen molar-refractivity contribution in [2.24, 2.45) is 5.92 Å². The third kappa shape index (κ3) is 2.69. The van der Waals surface area contributed by atoms with E-state index in [-0.39, 0.29) is 17.1 Å². The number of hydrogen-bond acceptors (Lipinski definition) is 4. The third-order valence-electron chi connectivity index (χ3n) is 2.87. The fourth-order valence-electron chi connectivity index (χ4n) is 1.76. The van der Waals surface area contributed by atoms with Gasteiger partial charge in [0.25, 0.3) is 0 Å². The number of hydrogen-bond donors (Lipinski definition) is 2. The van der Waals surface area contributed by atoms with E-state index in [4.69, 9.17) is 0 Å². The Bertz CT molecular complexity index is 342. The maximum Gasteiger partial charge on any atom is 0.237 e. The molecule has 1 heterocycles. The van der Waals surface area contributed by atoms with Gasteiger partial charge in [0.05, 0.1) is 11.2 Å². The standard InChI is InChI=1S/C9H16N2O3S/c12-9(7-2-1-5-10-6-7)11-15(13,14)8-3-4-8/h7-8,10H,1-6H2,(H,11,12)/t7-/m1/s1. The highest BCUT2D eigenvalue weighted by atomic mass is 32.2. The van der Waals surface area contributed by atoms with Crippen molar-refractivity contribution in [1.82, 2.24) is 10.0 Å². The Kier molecular flexibility index (Phi) is 2.97. The predicted octanol–water partition coefficient (Wildman–Crippen LogP) is -0.406. The molecule has 0 aromatic rings. The lowest BCUT2D eigenvalue weighted by molar-refractivity contribution is -0.123. The first-order chi connectivity index (χ1) is 7.09. The molecule has 2 fully saturated rings. The van der Waals surface area contributed by atoms with Gasteiger partial charge in [-0.25, -0.2) is 8.42 Å². The second-order valence-electron chi connectivity index (χ2n) is 4.25. The molecule has 1 aliphatic carbocycles. The van der Waals surface area contributed by atoms with Gasteiger partial charge in [0, 0.05) is 6.54 Å². The van der Waals surface area contributed by atoms with Crippen LogP contribution in [-0.4, -0.2) is 32.7 Å². The van der Waals surface area contributed by atoms with Crippen LogP contribution in [0.2, 0.25) is 0 Å². The van der Waals surface area contributed by atoms with Gasteiger partial charge in [-0.15, -0.1) is 0 Å². The Balaban J connectivity index is 1.90. The molecule has 0 bridgehead atoms. The molecular formula is C9H16N2O3S. The Morgan fingerprint density at radius 2 is 2.00 bits per heavy atom. The summed E-state index contributed by atoms with van der Waals surface area (Å²) in [6.45, 7) is 1.51. The first-order valence-electron chi connectivity index (χ1n) is 5.36. The molecule has 2 N–H and O–H groups in total. The molecule has 0 aromatic carbocycles. The molecule has 0 radical (unpaired) electrons. The van der Waals surface area contributed by atoms with Crippen molar-refractivity contribution in [1.29, 1.82) is 0 Å². The predicted molar refractivity (Wildman–Crippen MR) is 55.7 cm³/mol. The lowest BCUT2D eigenvalue weighted by atomic mass is 9.99. The van der Waals surface area contributed by atoms with Crippen molar-refractivity contribution in [2.75, 3.05) is 13.1 Å².